The molecule has 3 aliphatic heterocycles. The second kappa shape index (κ2) is 8.45. The predicted molar refractivity (Wildman–Crippen MR) is 119 cm³/mol. The number of carbonyl (C=O) groups excluding carboxylic acids is 2. The number of ether oxygens (including phenoxy) is 1. The molecular weight excluding hydrogens is 412 g/mol. The van der Waals surface area contributed by atoms with Crippen molar-refractivity contribution in [2.45, 2.75) is 83.7 Å². The summed E-state index contributed by atoms with van der Waals surface area (Å²) >= 11 is 0. The smallest absolute Gasteiger partial charge is 0.310 e. The van der Waals surface area contributed by atoms with Crippen molar-refractivity contribution < 1.29 is 29.3 Å². The molecule has 32 heavy (non-hydrogen) atoms. The maximum Gasteiger partial charge on any atom is 0.310 e. The molecule has 3 rings (SSSR count). The van der Waals surface area contributed by atoms with Crippen LogP contribution in [0.4, 0.5) is 0 Å². The number of fused-ring (bicyclic) bond motifs is 1. The van der Waals surface area contributed by atoms with Crippen molar-refractivity contribution >= 4 is 17.8 Å². The minimum Gasteiger partial charge on any atom is -0.481 e. The number of aliphatic carboxylic acids is 1. The lowest BCUT2D eigenvalue weighted by Crippen LogP contribution is -2.60. The highest BCUT2D eigenvalue weighted by Crippen LogP contribution is 2.65. The van der Waals surface area contributed by atoms with Gasteiger partial charge in [-0.25, -0.2) is 0 Å². The van der Waals surface area contributed by atoms with Gasteiger partial charge in [0, 0.05) is 12.6 Å². The summed E-state index contributed by atoms with van der Waals surface area (Å²) in [4.78, 5) is 43.5. The molecule has 3 saturated heterocycles. The molecule has 0 aromatic rings. The van der Waals surface area contributed by atoms with Gasteiger partial charge in [-0.05, 0) is 39.0 Å². The Morgan fingerprint density at radius 3 is 2.47 bits per heavy atom. The van der Waals surface area contributed by atoms with Gasteiger partial charge in [-0.15, -0.1) is 6.58 Å². The third-order valence-corrected chi connectivity index (χ3v) is 8.33. The Labute approximate surface area is 190 Å². The first kappa shape index (κ1) is 24.7. The minimum atomic E-state index is -1.22. The van der Waals surface area contributed by atoms with Crippen LogP contribution in [0.5, 0.6) is 0 Å². The maximum absolute atomic E-state index is 14.1. The highest BCUT2D eigenvalue weighted by Gasteiger charge is 2.80. The summed E-state index contributed by atoms with van der Waals surface area (Å²) in [6.07, 6.45) is 2.77. The van der Waals surface area contributed by atoms with Gasteiger partial charge in [0.1, 0.15) is 17.6 Å². The minimum absolute atomic E-state index is 0.0742. The van der Waals surface area contributed by atoms with E-state index in [1.807, 2.05) is 34.6 Å². The molecule has 0 aliphatic carbocycles. The fraction of sp³-hybridized carbons (Fsp3) is 0.792. The standard InChI is InChI=1S/C24H38N2O6/c1-8-10-25(13(3)4)21(29)19-24-11-15(6)23(7,32-24)18(22(30)31)17(24)20(28)26(19)16(12-27)14(5)9-2/h8,13-19,27H,1,9-12H2,2-7H3,(H,30,31)/t14-,15?,16-,17-,18+,19?,23-,24?/m0/s1. The molecule has 1 spiro atoms. The van der Waals surface area contributed by atoms with E-state index in [2.05, 4.69) is 6.58 Å². The number of carboxylic acid groups (broad SMARTS) is 1. The fourth-order valence-electron chi connectivity index (χ4n) is 6.36. The third kappa shape index (κ3) is 3.21. The number of nitrogens with zero attached hydrogens (tertiary/aromatic N) is 2. The van der Waals surface area contributed by atoms with Gasteiger partial charge in [0.15, 0.2) is 0 Å². The molecule has 8 atom stereocenters. The molecule has 0 saturated carbocycles. The van der Waals surface area contributed by atoms with Crippen LogP contribution < -0.4 is 0 Å². The summed E-state index contributed by atoms with van der Waals surface area (Å²) < 4.78 is 6.51. The van der Waals surface area contributed by atoms with Gasteiger partial charge in [0.25, 0.3) is 0 Å². The van der Waals surface area contributed by atoms with E-state index in [1.54, 1.807) is 17.9 Å². The monoisotopic (exact) mass is 450 g/mol. The van der Waals surface area contributed by atoms with E-state index in [4.69, 9.17) is 4.74 Å². The number of likely N-dealkylation sites (tertiary alicyclic amines) is 1. The second-order valence-electron chi connectivity index (χ2n) is 10.3. The normalized spacial score (nSPS) is 37.5. The number of rotatable bonds is 9. The average molecular weight is 451 g/mol. The van der Waals surface area contributed by atoms with Crippen LogP contribution in [0, 0.1) is 23.7 Å². The highest BCUT2D eigenvalue weighted by atomic mass is 16.5. The van der Waals surface area contributed by atoms with Crippen molar-refractivity contribution in [2.24, 2.45) is 23.7 Å². The number of carboxylic acids is 1. The molecule has 3 unspecified atom stereocenters. The Morgan fingerprint density at radius 1 is 1.38 bits per heavy atom. The summed E-state index contributed by atoms with van der Waals surface area (Å²) in [5, 5.41) is 20.4. The van der Waals surface area contributed by atoms with Crippen molar-refractivity contribution in [1.82, 2.24) is 9.80 Å². The molecule has 2 bridgehead atoms. The molecule has 2 amide bonds. The Hall–Kier alpha value is -1.93. The van der Waals surface area contributed by atoms with E-state index < -0.39 is 47.0 Å². The number of hydrogen-bond donors (Lipinski definition) is 2. The first-order chi connectivity index (χ1) is 14.9. The molecular formula is C24H38N2O6. The zero-order valence-corrected chi connectivity index (χ0v) is 20.1. The van der Waals surface area contributed by atoms with Gasteiger partial charge < -0.3 is 24.7 Å². The van der Waals surface area contributed by atoms with Crippen molar-refractivity contribution in [3.8, 4) is 0 Å². The van der Waals surface area contributed by atoms with Gasteiger partial charge in [0.05, 0.1) is 24.2 Å². The number of aliphatic hydroxyl groups excluding tert-OH is 1. The average Bonchev–Trinajstić information content (AvgIpc) is 3.23. The van der Waals surface area contributed by atoms with Gasteiger partial charge in [-0.2, -0.15) is 0 Å². The molecule has 3 fully saturated rings. The summed E-state index contributed by atoms with van der Waals surface area (Å²) in [6, 6.07) is -1.73. The SMILES string of the molecule is C=CCN(C(=O)C1N([C@@H](CO)[C@@H](C)CC)C(=O)[C@@H]2[C@H](C(=O)O)[C@@]3(C)OC12CC3C)C(C)C. The maximum atomic E-state index is 14.1. The van der Waals surface area contributed by atoms with Crippen LogP contribution >= 0.6 is 0 Å². The van der Waals surface area contributed by atoms with Crippen LogP contribution in [0.3, 0.4) is 0 Å². The number of hydrogen-bond acceptors (Lipinski definition) is 5. The van der Waals surface area contributed by atoms with Crippen molar-refractivity contribution in [3.05, 3.63) is 12.7 Å². The third-order valence-electron chi connectivity index (χ3n) is 8.33. The Balaban J connectivity index is 2.21. The predicted octanol–water partition coefficient (Wildman–Crippen LogP) is 1.91. The van der Waals surface area contributed by atoms with E-state index in [-0.39, 0.29) is 30.4 Å². The van der Waals surface area contributed by atoms with E-state index in [0.717, 1.165) is 0 Å². The first-order valence-corrected chi connectivity index (χ1v) is 11.7. The number of aliphatic hydroxyl groups is 1. The molecule has 3 aliphatic rings. The highest BCUT2D eigenvalue weighted by molar-refractivity contribution is 5.98. The van der Waals surface area contributed by atoms with Gasteiger partial charge >= 0.3 is 5.97 Å². The van der Waals surface area contributed by atoms with Crippen LogP contribution in [0.25, 0.3) is 0 Å². The molecule has 0 aromatic carbocycles. The van der Waals surface area contributed by atoms with Crippen molar-refractivity contribution in [3.63, 3.8) is 0 Å². The van der Waals surface area contributed by atoms with Gasteiger partial charge in [-0.1, -0.05) is 33.3 Å². The Bertz CT molecular complexity index is 799. The van der Waals surface area contributed by atoms with Crippen molar-refractivity contribution in [2.75, 3.05) is 13.2 Å². The van der Waals surface area contributed by atoms with Crippen LogP contribution in [0.2, 0.25) is 0 Å². The van der Waals surface area contributed by atoms with Crippen LogP contribution in [-0.4, -0.2) is 80.3 Å². The van der Waals surface area contributed by atoms with E-state index >= 15 is 0 Å². The Kier molecular flexibility index (Phi) is 6.52. The van der Waals surface area contributed by atoms with Crippen LogP contribution in [0.1, 0.15) is 54.4 Å². The number of amides is 2. The lowest BCUT2D eigenvalue weighted by molar-refractivity contribution is -0.161. The molecule has 0 radical (unpaired) electrons. The Morgan fingerprint density at radius 2 is 2.00 bits per heavy atom. The zero-order chi connectivity index (χ0) is 24.2. The van der Waals surface area contributed by atoms with E-state index in [1.165, 1.54) is 4.90 Å². The summed E-state index contributed by atoms with van der Waals surface area (Å²) in [7, 11) is 0. The topological polar surface area (TPSA) is 107 Å². The van der Waals surface area contributed by atoms with Crippen LogP contribution in [-0.2, 0) is 19.1 Å². The first-order valence-electron chi connectivity index (χ1n) is 11.7. The summed E-state index contributed by atoms with van der Waals surface area (Å²) in [5.74, 6) is -3.95. The molecule has 8 nitrogen and oxygen atoms in total. The quantitative estimate of drug-likeness (QED) is 0.520. The van der Waals surface area contributed by atoms with Gasteiger partial charge in [0.2, 0.25) is 11.8 Å². The lowest BCUT2D eigenvalue weighted by Gasteiger charge is -2.42. The molecule has 8 heteroatoms. The lowest BCUT2D eigenvalue weighted by atomic mass is 9.62. The number of carbonyl (C=O) groups is 3. The zero-order valence-electron chi connectivity index (χ0n) is 20.1. The molecule has 0 aromatic heterocycles. The summed E-state index contributed by atoms with van der Waals surface area (Å²) in [5.41, 5.74) is -2.25. The second-order valence-corrected chi connectivity index (χ2v) is 10.3. The van der Waals surface area contributed by atoms with E-state index in [9.17, 15) is 24.6 Å². The van der Waals surface area contributed by atoms with Crippen LogP contribution in [0.15, 0.2) is 12.7 Å². The largest absolute Gasteiger partial charge is 0.481 e. The summed E-state index contributed by atoms with van der Waals surface area (Å²) in [6.45, 7) is 15.1. The van der Waals surface area contributed by atoms with Crippen molar-refractivity contribution in [1.29, 1.82) is 0 Å². The molecule has 3 heterocycles. The fourth-order valence-corrected chi connectivity index (χ4v) is 6.36. The van der Waals surface area contributed by atoms with E-state index in [0.29, 0.717) is 19.4 Å². The molecule has 2 N–H and O–H groups in total. The van der Waals surface area contributed by atoms with Gasteiger partial charge in [-0.3, -0.25) is 14.4 Å². The molecule has 180 valence electrons.